The zero-order valence-electron chi connectivity index (χ0n) is 15.0. The fourth-order valence-corrected chi connectivity index (χ4v) is 2.88. The molecule has 0 bridgehead atoms. The zero-order chi connectivity index (χ0) is 18.4. The Labute approximate surface area is 153 Å². The van der Waals surface area contributed by atoms with Crippen LogP contribution in [0.5, 0.6) is 5.75 Å². The summed E-state index contributed by atoms with van der Waals surface area (Å²) in [6, 6.07) is 19.7. The fourth-order valence-electron chi connectivity index (χ4n) is 2.88. The van der Waals surface area contributed by atoms with Gasteiger partial charge in [-0.05, 0) is 48.2 Å². The second-order valence-corrected chi connectivity index (χ2v) is 6.10. The maximum absolute atomic E-state index is 12.1. The van der Waals surface area contributed by atoms with Gasteiger partial charge in [0.05, 0.1) is 7.11 Å². The molecule has 2 aromatic carbocycles. The quantitative estimate of drug-likeness (QED) is 0.707. The van der Waals surface area contributed by atoms with Crippen LogP contribution in [0.2, 0.25) is 0 Å². The molecule has 1 heterocycles. The molecule has 1 aromatic heterocycles. The number of nitrogens with one attached hydrogen (secondary N) is 1. The van der Waals surface area contributed by atoms with Crippen LogP contribution in [-0.2, 0) is 11.2 Å². The highest BCUT2D eigenvalue weighted by Crippen LogP contribution is 2.29. The number of hydrogen-bond acceptors (Lipinski definition) is 3. The monoisotopic (exact) mass is 346 g/mol. The third kappa shape index (κ3) is 4.28. The van der Waals surface area contributed by atoms with E-state index in [0.29, 0.717) is 18.7 Å². The number of aromatic nitrogens is 1. The number of carbonyl (C=O) groups is 1. The number of anilines is 1. The van der Waals surface area contributed by atoms with Gasteiger partial charge in [-0.1, -0.05) is 42.5 Å². The zero-order valence-corrected chi connectivity index (χ0v) is 15.0. The Bertz CT molecular complexity index is 874. The van der Waals surface area contributed by atoms with Gasteiger partial charge in [-0.15, -0.1) is 0 Å². The van der Waals surface area contributed by atoms with Crippen LogP contribution in [0, 0.1) is 6.92 Å². The first-order valence-electron chi connectivity index (χ1n) is 8.61. The molecule has 4 heteroatoms. The second kappa shape index (κ2) is 8.30. The van der Waals surface area contributed by atoms with Crippen LogP contribution in [0.4, 0.5) is 5.82 Å². The number of benzene rings is 2. The molecule has 0 saturated carbocycles. The molecule has 4 nitrogen and oxygen atoms in total. The normalized spacial score (nSPS) is 10.4. The number of pyridine rings is 1. The number of ether oxygens (including phenoxy) is 1. The molecular weight excluding hydrogens is 324 g/mol. The van der Waals surface area contributed by atoms with Crippen molar-refractivity contribution in [3.05, 3.63) is 78.0 Å². The SMILES string of the molecule is COc1cccc(-c2ccc(NC(=O)CCc3ccccc3)nc2)c1C. The highest BCUT2D eigenvalue weighted by Gasteiger charge is 2.08. The molecule has 1 amide bonds. The molecule has 0 unspecified atom stereocenters. The number of amides is 1. The van der Waals surface area contributed by atoms with E-state index in [0.717, 1.165) is 28.0 Å². The number of hydrogen-bond donors (Lipinski definition) is 1. The lowest BCUT2D eigenvalue weighted by Gasteiger charge is -2.11. The van der Waals surface area contributed by atoms with E-state index in [4.69, 9.17) is 4.74 Å². The topological polar surface area (TPSA) is 51.2 Å². The Morgan fingerprint density at radius 2 is 1.85 bits per heavy atom. The lowest BCUT2D eigenvalue weighted by molar-refractivity contribution is -0.116. The summed E-state index contributed by atoms with van der Waals surface area (Å²) in [5.41, 5.74) is 4.28. The molecule has 1 N–H and O–H groups in total. The number of aryl methyl sites for hydroxylation is 1. The molecular formula is C22H22N2O2. The molecule has 0 fully saturated rings. The standard InChI is InChI=1S/C22H22N2O2/c1-16-19(9-6-10-20(16)26-2)18-12-13-21(23-15-18)24-22(25)14-11-17-7-4-3-5-8-17/h3-10,12-13,15H,11,14H2,1-2H3,(H,23,24,25). The summed E-state index contributed by atoms with van der Waals surface area (Å²) in [5.74, 6) is 1.37. The van der Waals surface area contributed by atoms with Crippen LogP contribution in [0.1, 0.15) is 17.5 Å². The van der Waals surface area contributed by atoms with Crippen molar-refractivity contribution < 1.29 is 9.53 Å². The van der Waals surface area contributed by atoms with E-state index in [-0.39, 0.29) is 5.91 Å². The summed E-state index contributed by atoms with van der Waals surface area (Å²) in [4.78, 5) is 16.5. The maximum Gasteiger partial charge on any atom is 0.225 e. The van der Waals surface area contributed by atoms with Crippen molar-refractivity contribution in [1.29, 1.82) is 0 Å². The molecule has 0 radical (unpaired) electrons. The van der Waals surface area contributed by atoms with Gasteiger partial charge in [-0.2, -0.15) is 0 Å². The number of carbonyl (C=O) groups excluding carboxylic acids is 1. The number of nitrogens with zero attached hydrogens (tertiary/aromatic N) is 1. The molecule has 3 rings (SSSR count). The molecule has 0 aliphatic rings. The summed E-state index contributed by atoms with van der Waals surface area (Å²) in [5, 5.41) is 2.85. The van der Waals surface area contributed by atoms with Gasteiger partial charge in [0.15, 0.2) is 0 Å². The molecule has 0 aliphatic carbocycles. The minimum absolute atomic E-state index is 0.0355. The van der Waals surface area contributed by atoms with E-state index in [1.807, 2.05) is 67.6 Å². The summed E-state index contributed by atoms with van der Waals surface area (Å²) in [6.07, 6.45) is 2.92. The van der Waals surface area contributed by atoms with Crippen molar-refractivity contribution in [2.75, 3.05) is 12.4 Å². The Morgan fingerprint density at radius 1 is 1.04 bits per heavy atom. The third-order valence-electron chi connectivity index (χ3n) is 4.33. The summed E-state index contributed by atoms with van der Waals surface area (Å²) in [7, 11) is 1.67. The second-order valence-electron chi connectivity index (χ2n) is 6.10. The fraction of sp³-hybridized carbons (Fsp3) is 0.182. The Balaban J connectivity index is 1.63. The van der Waals surface area contributed by atoms with Crippen LogP contribution in [0.15, 0.2) is 66.9 Å². The van der Waals surface area contributed by atoms with E-state index in [1.165, 1.54) is 0 Å². The van der Waals surface area contributed by atoms with E-state index >= 15 is 0 Å². The minimum atomic E-state index is -0.0355. The summed E-state index contributed by atoms with van der Waals surface area (Å²) < 4.78 is 5.37. The molecule has 3 aromatic rings. The average Bonchev–Trinajstić information content (AvgIpc) is 2.68. The third-order valence-corrected chi connectivity index (χ3v) is 4.33. The van der Waals surface area contributed by atoms with Gasteiger partial charge in [0.25, 0.3) is 0 Å². The van der Waals surface area contributed by atoms with Gasteiger partial charge in [-0.3, -0.25) is 4.79 Å². The van der Waals surface area contributed by atoms with Crippen LogP contribution in [0.25, 0.3) is 11.1 Å². The summed E-state index contributed by atoms with van der Waals surface area (Å²) >= 11 is 0. The van der Waals surface area contributed by atoms with Crippen LogP contribution in [0.3, 0.4) is 0 Å². The number of methoxy groups -OCH3 is 1. The molecule has 0 saturated heterocycles. The lowest BCUT2D eigenvalue weighted by Crippen LogP contribution is -2.13. The van der Waals surface area contributed by atoms with Crippen LogP contribution >= 0.6 is 0 Å². The highest BCUT2D eigenvalue weighted by molar-refractivity contribution is 5.90. The Morgan fingerprint density at radius 3 is 2.54 bits per heavy atom. The van der Waals surface area contributed by atoms with Gasteiger partial charge in [-0.25, -0.2) is 4.98 Å². The largest absolute Gasteiger partial charge is 0.496 e. The molecule has 26 heavy (non-hydrogen) atoms. The van der Waals surface area contributed by atoms with Crippen molar-refractivity contribution in [2.24, 2.45) is 0 Å². The Kier molecular flexibility index (Phi) is 5.64. The van der Waals surface area contributed by atoms with Gasteiger partial charge in [0, 0.05) is 18.2 Å². The average molecular weight is 346 g/mol. The van der Waals surface area contributed by atoms with Gasteiger partial charge in [0.2, 0.25) is 5.91 Å². The van der Waals surface area contributed by atoms with Gasteiger partial charge in [0.1, 0.15) is 11.6 Å². The first-order chi connectivity index (χ1) is 12.7. The van der Waals surface area contributed by atoms with Crippen LogP contribution < -0.4 is 10.1 Å². The van der Waals surface area contributed by atoms with Crippen molar-refractivity contribution >= 4 is 11.7 Å². The van der Waals surface area contributed by atoms with E-state index in [1.54, 1.807) is 13.3 Å². The first-order valence-corrected chi connectivity index (χ1v) is 8.61. The highest BCUT2D eigenvalue weighted by atomic mass is 16.5. The van der Waals surface area contributed by atoms with E-state index < -0.39 is 0 Å². The van der Waals surface area contributed by atoms with Crippen molar-refractivity contribution in [2.45, 2.75) is 19.8 Å². The molecule has 0 spiro atoms. The van der Waals surface area contributed by atoms with Gasteiger partial charge >= 0.3 is 0 Å². The minimum Gasteiger partial charge on any atom is -0.496 e. The number of rotatable bonds is 6. The molecule has 0 aliphatic heterocycles. The summed E-state index contributed by atoms with van der Waals surface area (Å²) in [6.45, 7) is 2.02. The van der Waals surface area contributed by atoms with Crippen molar-refractivity contribution in [3.63, 3.8) is 0 Å². The lowest BCUT2D eigenvalue weighted by atomic mass is 10.0. The maximum atomic E-state index is 12.1. The van der Waals surface area contributed by atoms with Gasteiger partial charge < -0.3 is 10.1 Å². The predicted molar refractivity (Wildman–Crippen MR) is 104 cm³/mol. The van der Waals surface area contributed by atoms with Crippen molar-refractivity contribution in [1.82, 2.24) is 4.98 Å². The first kappa shape index (κ1) is 17.7. The van der Waals surface area contributed by atoms with E-state index in [2.05, 4.69) is 10.3 Å². The van der Waals surface area contributed by atoms with E-state index in [9.17, 15) is 4.79 Å². The molecule has 132 valence electrons. The predicted octanol–water partition coefficient (Wildman–Crippen LogP) is 4.64. The Hall–Kier alpha value is -3.14. The van der Waals surface area contributed by atoms with Crippen molar-refractivity contribution in [3.8, 4) is 16.9 Å². The van der Waals surface area contributed by atoms with Crippen LogP contribution in [-0.4, -0.2) is 18.0 Å². The smallest absolute Gasteiger partial charge is 0.225 e. The molecule has 0 atom stereocenters.